The van der Waals surface area contributed by atoms with E-state index in [2.05, 4.69) is 4.98 Å². The van der Waals surface area contributed by atoms with Gasteiger partial charge >= 0.3 is 6.18 Å². The van der Waals surface area contributed by atoms with Gasteiger partial charge in [-0.25, -0.2) is 0 Å². The largest absolute Gasteiger partial charge is 0.417 e. The van der Waals surface area contributed by atoms with Crippen molar-refractivity contribution in [2.45, 2.75) is 23.9 Å². The summed E-state index contributed by atoms with van der Waals surface area (Å²) in [5, 5.41) is 0. The molecule has 3 rings (SSSR count). The van der Waals surface area contributed by atoms with Gasteiger partial charge in [-0.15, -0.1) is 11.8 Å². The van der Waals surface area contributed by atoms with E-state index in [9.17, 15) is 18.0 Å². The van der Waals surface area contributed by atoms with Gasteiger partial charge in [-0.1, -0.05) is 6.07 Å². The van der Waals surface area contributed by atoms with Crippen LogP contribution in [-0.4, -0.2) is 23.7 Å². The van der Waals surface area contributed by atoms with Crippen molar-refractivity contribution in [2.75, 3.05) is 17.7 Å². The molecule has 1 aliphatic heterocycles. The molecule has 126 valence electrons. The van der Waals surface area contributed by atoms with Crippen molar-refractivity contribution in [2.24, 2.45) is 0 Å². The third-order valence-corrected chi connectivity index (χ3v) is 4.76. The minimum atomic E-state index is -4.44. The van der Waals surface area contributed by atoms with Gasteiger partial charge in [0.05, 0.1) is 12.0 Å². The van der Waals surface area contributed by atoms with Gasteiger partial charge in [-0.05, 0) is 42.0 Å². The highest BCUT2D eigenvalue weighted by atomic mass is 32.2. The zero-order valence-corrected chi connectivity index (χ0v) is 13.7. The summed E-state index contributed by atoms with van der Waals surface area (Å²) in [5.41, 5.74) is 1.21. The second-order valence-corrected chi connectivity index (χ2v) is 6.36. The zero-order chi connectivity index (χ0) is 17.3. The molecule has 0 saturated carbocycles. The van der Waals surface area contributed by atoms with E-state index < -0.39 is 11.7 Å². The van der Waals surface area contributed by atoms with Crippen molar-refractivity contribution in [3.05, 3.63) is 53.3 Å². The van der Waals surface area contributed by atoms with Crippen molar-refractivity contribution >= 4 is 23.4 Å². The molecule has 1 aromatic heterocycles. The van der Waals surface area contributed by atoms with Crippen molar-refractivity contribution in [3.63, 3.8) is 0 Å². The molecular formula is C17H15F3N2OS. The fraction of sp³-hybridized carbons (Fsp3) is 0.294. The Kier molecular flexibility index (Phi) is 4.54. The molecule has 3 nitrogen and oxygen atoms in total. The Labute approximate surface area is 141 Å². The monoisotopic (exact) mass is 352 g/mol. The number of carbonyl (C=O) groups excluding carboxylic acids is 1. The fourth-order valence-electron chi connectivity index (χ4n) is 2.84. The molecular weight excluding hydrogens is 337 g/mol. The highest BCUT2D eigenvalue weighted by Crippen LogP contribution is 2.41. The number of nitrogens with zero attached hydrogens (tertiary/aromatic N) is 2. The first-order valence-corrected chi connectivity index (χ1v) is 8.60. The van der Waals surface area contributed by atoms with Gasteiger partial charge in [0.1, 0.15) is 0 Å². The number of pyridine rings is 1. The number of halogens is 3. The summed E-state index contributed by atoms with van der Waals surface area (Å²) >= 11 is 1.07. The summed E-state index contributed by atoms with van der Waals surface area (Å²) in [7, 11) is 0. The van der Waals surface area contributed by atoms with Crippen LogP contribution in [0.4, 0.5) is 18.9 Å². The number of aromatic nitrogens is 1. The molecule has 0 radical (unpaired) electrons. The van der Waals surface area contributed by atoms with E-state index in [1.54, 1.807) is 36.8 Å². The first-order valence-electron chi connectivity index (χ1n) is 7.37. The van der Waals surface area contributed by atoms with Crippen LogP contribution >= 0.6 is 11.8 Å². The molecule has 0 atom stereocenters. The van der Waals surface area contributed by atoms with Gasteiger partial charge in [0.2, 0.25) is 5.91 Å². The van der Waals surface area contributed by atoms with E-state index in [1.807, 2.05) is 0 Å². The van der Waals surface area contributed by atoms with Gasteiger partial charge in [0, 0.05) is 29.5 Å². The summed E-state index contributed by atoms with van der Waals surface area (Å²) in [4.78, 5) is 18.1. The molecule has 2 heterocycles. The van der Waals surface area contributed by atoms with E-state index in [0.717, 1.165) is 29.0 Å². The number of fused-ring (bicyclic) bond motifs is 1. The highest BCUT2D eigenvalue weighted by molar-refractivity contribution is 7.98. The molecule has 7 heteroatoms. The average Bonchev–Trinajstić information content (AvgIpc) is 2.96. The Morgan fingerprint density at radius 1 is 1.38 bits per heavy atom. The highest BCUT2D eigenvalue weighted by Gasteiger charge is 2.36. The minimum absolute atomic E-state index is 0.124. The number of anilines is 1. The molecule has 0 N–H and O–H groups in total. The van der Waals surface area contributed by atoms with Crippen LogP contribution in [0.5, 0.6) is 0 Å². The van der Waals surface area contributed by atoms with E-state index in [-0.39, 0.29) is 17.2 Å². The summed E-state index contributed by atoms with van der Waals surface area (Å²) in [5.74, 6) is -0.216. The summed E-state index contributed by atoms with van der Waals surface area (Å²) in [6.07, 6.45) is 1.08. The van der Waals surface area contributed by atoms with Crippen LogP contribution in [0.1, 0.15) is 16.7 Å². The van der Waals surface area contributed by atoms with Crippen molar-refractivity contribution in [1.82, 2.24) is 4.98 Å². The van der Waals surface area contributed by atoms with Crippen LogP contribution in [0.3, 0.4) is 0 Å². The smallest absolute Gasteiger partial charge is 0.312 e. The number of hydrogen-bond acceptors (Lipinski definition) is 3. The molecule has 0 unspecified atom stereocenters. The number of benzene rings is 1. The lowest BCUT2D eigenvalue weighted by Crippen LogP contribution is -2.30. The zero-order valence-electron chi connectivity index (χ0n) is 12.9. The Balaban J connectivity index is 1.92. The SMILES string of the molecule is CSc1cc2c(cc1C(F)(F)F)N(C(=O)Cc1cccnc1)CC2. The van der Waals surface area contributed by atoms with E-state index >= 15 is 0 Å². The lowest BCUT2D eigenvalue weighted by molar-refractivity contribution is -0.139. The first-order chi connectivity index (χ1) is 11.4. The maximum absolute atomic E-state index is 13.3. The molecule has 0 saturated heterocycles. The standard InChI is InChI=1S/C17H15F3N2OS/c1-24-15-8-12-4-6-22(14(12)9-13(15)17(18,19)20)16(23)7-11-3-2-5-21-10-11/h2-3,5,8-10H,4,6-7H2,1H3. The maximum Gasteiger partial charge on any atom is 0.417 e. The minimum Gasteiger partial charge on any atom is -0.312 e. The normalized spacial score (nSPS) is 13.9. The Morgan fingerprint density at radius 2 is 2.17 bits per heavy atom. The number of hydrogen-bond donors (Lipinski definition) is 0. The molecule has 24 heavy (non-hydrogen) atoms. The second-order valence-electron chi connectivity index (χ2n) is 5.51. The quantitative estimate of drug-likeness (QED) is 0.784. The van der Waals surface area contributed by atoms with Crippen LogP contribution in [0.2, 0.25) is 0 Å². The molecule has 2 aromatic rings. The molecule has 1 aliphatic rings. The number of carbonyl (C=O) groups is 1. The molecule has 0 bridgehead atoms. The third kappa shape index (κ3) is 3.26. The molecule has 0 aliphatic carbocycles. The average molecular weight is 352 g/mol. The van der Waals surface area contributed by atoms with Crippen LogP contribution in [0.25, 0.3) is 0 Å². The lowest BCUT2D eigenvalue weighted by atomic mass is 10.1. The van der Waals surface area contributed by atoms with E-state index in [1.165, 1.54) is 4.90 Å². The predicted molar refractivity (Wildman–Crippen MR) is 87.2 cm³/mol. The maximum atomic E-state index is 13.3. The van der Waals surface area contributed by atoms with Crippen LogP contribution in [-0.2, 0) is 23.8 Å². The second kappa shape index (κ2) is 6.47. The Bertz CT molecular complexity index is 762. The van der Waals surface area contributed by atoms with Crippen molar-refractivity contribution in [1.29, 1.82) is 0 Å². The van der Waals surface area contributed by atoms with E-state index in [4.69, 9.17) is 0 Å². The molecule has 1 amide bonds. The van der Waals surface area contributed by atoms with Crippen molar-refractivity contribution in [3.8, 4) is 0 Å². The fourth-order valence-corrected chi connectivity index (χ4v) is 3.49. The summed E-state index contributed by atoms with van der Waals surface area (Å²) in [6, 6.07) is 6.17. The Morgan fingerprint density at radius 3 is 2.79 bits per heavy atom. The van der Waals surface area contributed by atoms with Crippen molar-refractivity contribution < 1.29 is 18.0 Å². The van der Waals surface area contributed by atoms with Crippen LogP contribution in [0, 0.1) is 0 Å². The topological polar surface area (TPSA) is 33.2 Å². The van der Waals surface area contributed by atoms with Gasteiger partial charge < -0.3 is 4.90 Å². The van der Waals surface area contributed by atoms with Gasteiger partial charge in [0.25, 0.3) is 0 Å². The summed E-state index contributed by atoms with van der Waals surface area (Å²) in [6.45, 7) is 0.406. The lowest BCUT2D eigenvalue weighted by Gasteiger charge is -2.20. The molecule has 0 fully saturated rings. The van der Waals surface area contributed by atoms with E-state index in [0.29, 0.717) is 18.7 Å². The third-order valence-electron chi connectivity index (χ3n) is 3.98. The summed E-state index contributed by atoms with van der Waals surface area (Å²) < 4.78 is 39.8. The first kappa shape index (κ1) is 16.8. The number of rotatable bonds is 3. The molecule has 1 aromatic carbocycles. The van der Waals surface area contributed by atoms with Crippen LogP contribution < -0.4 is 4.90 Å². The predicted octanol–water partition coefficient (Wildman–Crippen LogP) is 3.95. The molecule has 0 spiro atoms. The number of amides is 1. The Hall–Kier alpha value is -2.02. The number of alkyl halides is 3. The van der Waals surface area contributed by atoms with Gasteiger partial charge in [-0.2, -0.15) is 13.2 Å². The van der Waals surface area contributed by atoms with Crippen LogP contribution in [0.15, 0.2) is 41.6 Å². The van der Waals surface area contributed by atoms with Gasteiger partial charge in [0.15, 0.2) is 0 Å². The van der Waals surface area contributed by atoms with Gasteiger partial charge in [-0.3, -0.25) is 9.78 Å². The number of thioether (sulfide) groups is 1.